The summed E-state index contributed by atoms with van der Waals surface area (Å²) in [6.07, 6.45) is -0.396. The lowest BCUT2D eigenvalue weighted by Gasteiger charge is -2.14. The summed E-state index contributed by atoms with van der Waals surface area (Å²) in [4.78, 5) is 0. The van der Waals surface area contributed by atoms with E-state index in [1.165, 1.54) is 0 Å². The van der Waals surface area contributed by atoms with E-state index in [-0.39, 0.29) is 12.7 Å². The van der Waals surface area contributed by atoms with Gasteiger partial charge in [0.1, 0.15) is 18.0 Å². The molecule has 0 amide bonds. The molecule has 1 aliphatic heterocycles. The molecule has 1 aromatic carbocycles. The maximum absolute atomic E-state index is 9.35. The van der Waals surface area contributed by atoms with Crippen LogP contribution in [-0.4, -0.2) is 29.0 Å². The smallest absolute Gasteiger partial charge is 0.131 e. The highest BCUT2D eigenvalue weighted by atomic mass is 16.5. The second-order valence-electron chi connectivity index (χ2n) is 3.22. The van der Waals surface area contributed by atoms with E-state index in [2.05, 4.69) is 0 Å². The number of hydrogen-bond donors (Lipinski definition) is 2. The summed E-state index contributed by atoms with van der Waals surface area (Å²) in [6, 6.07) is 7.68. The molecular weight excluding hydrogens is 168 g/mol. The van der Waals surface area contributed by atoms with Crippen LogP contribution in [0.25, 0.3) is 0 Å². The lowest BCUT2D eigenvalue weighted by atomic mass is 10.1. The molecule has 1 aliphatic rings. The number of benzene rings is 1. The van der Waals surface area contributed by atoms with Crippen molar-refractivity contribution in [2.45, 2.75) is 18.6 Å². The van der Waals surface area contributed by atoms with Crippen LogP contribution in [0, 0.1) is 0 Å². The Bertz CT molecular complexity index is 273. The molecule has 1 aromatic rings. The fraction of sp³-hybridized carbons (Fsp3) is 0.400. The van der Waals surface area contributed by atoms with Crippen molar-refractivity contribution < 1.29 is 14.9 Å². The summed E-state index contributed by atoms with van der Waals surface area (Å²) in [7, 11) is 0. The topological polar surface area (TPSA) is 49.7 Å². The Morgan fingerprint density at radius 1 is 1.46 bits per heavy atom. The summed E-state index contributed by atoms with van der Waals surface area (Å²) < 4.78 is 5.45. The highest BCUT2D eigenvalue weighted by Gasteiger charge is 2.28. The number of para-hydroxylation sites is 1. The minimum Gasteiger partial charge on any atom is -0.487 e. The Hall–Kier alpha value is -1.06. The number of ether oxygens (including phenoxy) is 1. The van der Waals surface area contributed by atoms with Gasteiger partial charge in [-0.3, -0.25) is 0 Å². The molecule has 0 spiro atoms. The molecule has 1 heterocycles. The SMILES string of the molecule is OC[C@H](O)[C@@H]1Cc2ccccc2O1. The third-order valence-corrected chi connectivity index (χ3v) is 2.29. The van der Waals surface area contributed by atoms with Crippen molar-refractivity contribution in [2.75, 3.05) is 6.61 Å². The molecule has 0 fully saturated rings. The van der Waals surface area contributed by atoms with Crippen molar-refractivity contribution in [3.05, 3.63) is 29.8 Å². The van der Waals surface area contributed by atoms with Crippen molar-refractivity contribution in [1.82, 2.24) is 0 Å². The van der Waals surface area contributed by atoms with E-state index in [1.807, 2.05) is 24.3 Å². The van der Waals surface area contributed by atoms with Crippen molar-refractivity contribution in [1.29, 1.82) is 0 Å². The van der Waals surface area contributed by atoms with Gasteiger partial charge in [0.2, 0.25) is 0 Å². The number of aliphatic hydroxyl groups is 2. The monoisotopic (exact) mass is 180 g/mol. The van der Waals surface area contributed by atoms with E-state index < -0.39 is 6.10 Å². The van der Waals surface area contributed by atoms with Crippen LogP contribution in [0.3, 0.4) is 0 Å². The van der Waals surface area contributed by atoms with Crippen LogP contribution in [0.15, 0.2) is 24.3 Å². The van der Waals surface area contributed by atoms with E-state index in [4.69, 9.17) is 9.84 Å². The van der Waals surface area contributed by atoms with Gasteiger partial charge in [-0.2, -0.15) is 0 Å². The second-order valence-corrected chi connectivity index (χ2v) is 3.22. The van der Waals surface area contributed by atoms with Crippen LogP contribution in [0.4, 0.5) is 0 Å². The summed E-state index contributed by atoms with van der Waals surface area (Å²) in [6.45, 7) is -0.251. The third kappa shape index (κ3) is 1.53. The first kappa shape index (κ1) is 8.53. The van der Waals surface area contributed by atoms with Gasteiger partial charge >= 0.3 is 0 Å². The van der Waals surface area contributed by atoms with E-state index in [1.54, 1.807) is 0 Å². The Labute approximate surface area is 76.6 Å². The number of fused-ring (bicyclic) bond motifs is 1. The maximum atomic E-state index is 9.35. The first-order chi connectivity index (χ1) is 6.31. The third-order valence-electron chi connectivity index (χ3n) is 2.29. The average molecular weight is 180 g/mol. The number of rotatable bonds is 2. The largest absolute Gasteiger partial charge is 0.487 e. The van der Waals surface area contributed by atoms with E-state index in [0.717, 1.165) is 11.3 Å². The van der Waals surface area contributed by atoms with Crippen molar-refractivity contribution in [3.8, 4) is 5.75 Å². The molecule has 0 saturated carbocycles. The van der Waals surface area contributed by atoms with Gasteiger partial charge < -0.3 is 14.9 Å². The minimum atomic E-state index is -0.785. The first-order valence-corrected chi connectivity index (χ1v) is 4.34. The van der Waals surface area contributed by atoms with Crippen molar-refractivity contribution in [2.24, 2.45) is 0 Å². The fourth-order valence-corrected chi connectivity index (χ4v) is 1.54. The fourth-order valence-electron chi connectivity index (χ4n) is 1.54. The standard InChI is InChI=1S/C10H12O3/c11-6-8(12)10-5-7-3-1-2-4-9(7)13-10/h1-4,8,10-12H,5-6H2/t8-,10-/m0/s1. The van der Waals surface area contributed by atoms with Crippen LogP contribution in [0.2, 0.25) is 0 Å². The molecule has 0 aromatic heterocycles. The summed E-state index contributed by atoms with van der Waals surface area (Å²) in [5.41, 5.74) is 1.10. The molecule has 0 radical (unpaired) electrons. The van der Waals surface area contributed by atoms with Gasteiger partial charge in [-0.25, -0.2) is 0 Å². The molecular formula is C10H12O3. The van der Waals surface area contributed by atoms with Crippen LogP contribution >= 0.6 is 0 Å². The van der Waals surface area contributed by atoms with Gasteiger partial charge in [-0.1, -0.05) is 18.2 Å². The van der Waals surface area contributed by atoms with Crippen molar-refractivity contribution in [3.63, 3.8) is 0 Å². The zero-order valence-electron chi connectivity index (χ0n) is 7.18. The van der Waals surface area contributed by atoms with Gasteiger partial charge in [-0.05, 0) is 11.6 Å². The summed E-state index contributed by atoms with van der Waals surface area (Å²) in [5.74, 6) is 0.819. The van der Waals surface area contributed by atoms with Gasteiger partial charge in [0.15, 0.2) is 0 Å². The zero-order chi connectivity index (χ0) is 9.26. The molecule has 0 aliphatic carbocycles. The van der Waals surface area contributed by atoms with E-state index in [9.17, 15) is 5.11 Å². The van der Waals surface area contributed by atoms with Crippen LogP contribution in [-0.2, 0) is 6.42 Å². The molecule has 3 heteroatoms. The number of aliphatic hydroxyl groups excluding tert-OH is 2. The zero-order valence-corrected chi connectivity index (χ0v) is 7.18. The molecule has 0 bridgehead atoms. The summed E-state index contributed by atoms with van der Waals surface area (Å²) in [5, 5.41) is 18.1. The van der Waals surface area contributed by atoms with Crippen molar-refractivity contribution >= 4 is 0 Å². The lowest BCUT2D eigenvalue weighted by Crippen LogP contribution is -2.32. The Morgan fingerprint density at radius 3 is 2.92 bits per heavy atom. The van der Waals surface area contributed by atoms with E-state index in [0.29, 0.717) is 6.42 Å². The highest BCUT2D eigenvalue weighted by molar-refractivity contribution is 5.37. The molecule has 3 nitrogen and oxygen atoms in total. The van der Waals surface area contributed by atoms with Gasteiger partial charge in [0.05, 0.1) is 6.61 Å². The van der Waals surface area contributed by atoms with Crippen LogP contribution in [0.5, 0.6) is 5.75 Å². The van der Waals surface area contributed by atoms with Gasteiger partial charge in [0, 0.05) is 6.42 Å². The molecule has 13 heavy (non-hydrogen) atoms. The van der Waals surface area contributed by atoms with Gasteiger partial charge in [-0.15, -0.1) is 0 Å². The highest BCUT2D eigenvalue weighted by Crippen LogP contribution is 2.29. The second kappa shape index (κ2) is 3.36. The molecule has 70 valence electrons. The predicted octanol–water partition coefficient (Wildman–Crippen LogP) is 0.343. The molecule has 0 saturated heterocycles. The normalized spacial score (nSPS) is 22.2. The molecule has 0 unspecified atom stereocenters. The average Bonchev–Trinajstić information content (AvgIpc) is 2.59. The quantitative estimate of drug-likeness (QED) is 0.690. The van der Waals surface area contributed by atoms with Gasteiger partial charge in [0.25, 0.3) is 0 Å². The number of hydrogen-bond acceptors (Lipinski definition) is 3. The van der Waals surface area contributed by atoms with Crippen LogP contribution in [0.1, 0.15) is 5.56 Å². The maximum Gasteiger partial charge on any atom is 0.131 e. The van der Waals surface area contributed by atoms with E-state index >= 15 is 0 Å². The summed E-state index contributed by atoms with van der Waals surface area (Å²) >= 11 is 0. The Balaban J connectivity index is 2.14. The lowest BCUT2D eigenvalue weighted by molar-refractivity contribution is 0.00955. The minimum absolute atomic E-state index is 0.251. The molecule has 2 atom stereocenters. The molecule has 2 N–H and O–H groups in total. The van der Waals surface area contributed by atoms with Crippen LogP contribution < -0.4 is 4.74 Å². The molecule has 2 rings (SSSR count). The Kier molecular flexibility index (Phi) is 2.20. The first-order valence-electron chi connectivity index (χ1n) is 4.34. The Morgan fingerprint density at radius 2 is 2.23 bits per heavy atom. The predicted molar refractivity (Wildman–Crippen MR) is 47.7 cm³/mol.